The Balaban J connectivity index is 2.98. The molecule has 0 saturated heterocycles. The molecule has 0 aliphatic heterocycles. The van der Waals surface area contributed by atoms with Gasteiger partial charge in [0.1, 0.15) is 0 Å². The molecule has 1 rings (SSSR count). The maximum atomic E-state index is 9.03. The van der Waals surface area contributed by atoms with Crippen LogP contribution in [-0.4, -0.2) is 5.11 Å². The van der Waals surface area contributed by atoms with Gasteiger partial charge in [-0.2, -0.15) is 5.26 Å². The second-order valence-electron chi connectivity index (χ2n) is 2.09. The highest BCUT2D eigenvalue weighted by Gasteiger charge is 2.04. The smallest absolute Gasteiger partial charge is 0.165 e. The van der Waals surface area contributed by atoms with Gasteiger partial charge in [0.05, 0.1) is 6.07 Å². The SMILES string of the molecule is N#CC(O)c1cccc(Cl)c1. The van der Waals surface area contributed by atoms with Crippen molar-refractivity contribution in [3.05, 3.63) is 34.9 Å². The number of hydrogen-bond donors (Lipinski definition) is 1. The number of nitrogens with zero attached hydrogens (tertiary/aromatic N) is 1. The van der Waals surface area contributed by atoms with Gasteiger partial charge in [0, 0.05) is 5.02 Å². The van der Waals surface area contributed by atoms with Crippen molar-refractivity contribution in [1.29, 1.82) is 5.26 Å². The molecule has 0 radical (unpaired) electrons. The molecular weight excluding hydrogens is 162 g/mol. The molecule has 1 aromatic carbocycles. The van der Waals surface area contributed by atoms with E-state index in [2.05, 4.69) is 0 Å². The molecule has 56 valence electrons. The highest BCUT2D eigenvalue weighted by atomic mass is 35.5. The van der Waals surface area contributed by atoms with Gasteiger partial charge < -0.3 is 5.11 Å². The van der Waals surface area contributed by atoms with Gasteiger partial charge in [-0.15, -0.1) is 0 Å². The average molecular weight is 168 g/mol. The Kier molecular flexibility index (Phi) is 2.48. The van der Waals surface area contributed by atoms with Gasteiger partial charge >= 0.3 is 0 Å². The van der Waals surface area contributed by atoms with E-state index in [-0.39, 0.29) is 0 Å². The van der Waals surface area contributed by atoms with E-state index in [1.54, 1.807) is 30.3 Å². The minimum Gasteiger partial charge on any atom is -0.374 e. The maximum Gasteiger partial charge on any atom is 0.165 e. The summed E-state index contributed by atoms with van der Waals surface area (Å²) in [6, 6.07) is 8.31. The number of rotatable bonds is 1. The first-order chi connectivity index (χ1) is 5.24. The zero-order valence-electron chi connectivity index (χ0n) is 5.66. The van der Waals surface area contributed by atoms with Gasteiger partial charge in [-0.05, 0) is 17.7 Å². The van der Waals surface area contributed by atoms with E-state index in [1.165, 1.54) is 0 Å². The molecule has 0 aliphatic carbocycles. The summed E-state index contributed by atoms with van der Waals surface area (Å²) in [7, 11) is 0. The van der Waals surface area contributed by atoms with Crippen LogP contribution in [-0.2, 0) is 0 Å². The van der Waals surface area contributed by atoms with Crippen molar-refractivity contribution in [2.24, 2.45) is 0 Å². The van der Waals surface area contributed by atoms with Gasteiger partial charge in [-0.25, -0.2) is 0 Å². The number of aliphatic hydroxyl groups excluding tert-OH is 1. The molecule has 0 aliphatic rings. The number of hydrogen-bond acceptors (Lipinski definition) is 2. The van der Waals surface area contributed by atoms with Crippen LogP contribution in [0.1, 0.15) is 11.7 Å². The third-order valence-corrected chi connectivity index (χ3v) is 1.52. The molecule has 0 amide bonds. The van der Waals surface area contributed by atoms with Crippen molar-refractivity contribution in [3.63, 3.8) is 0 Å². The first-order valence-corrected chi connectivity index (χ1v) is 3.45. The summed E-state index contributed by atoms with van der Waals surface area (Å²) in [5, 5.41) is 17.9. The molecule has 0 fully saturated rings. The first-order valence-electron chi connectivity index (χ1n) is 3.07. The summed E-state index contributed by atoms with van der Waals surface area (Å²) in [6.45, 7) is 0. The molecule has 3 heteroatoms. The third kappa shape index (κ3) is 1.94. The monoisotopic (exact) mass is 167 g/mol. The molecule has 0 saturated carbocycles. The molecule has 1 atom stereocenters. The molecule has 0 bridgehead atoms. The van der Waals surface area contributed by atoms with Crippen LogP contribution in [0.3, 0.4) is 0 Å². The van der Waals surface area contributed by atoms with Gasteiger partial charge in [-0.1, -0.05) is 23.7 Å². The number of halogens is 1. The van der Waals surface area contributed by atoms with Crippen LogP contribution >= 0.6 is 11.6 Å². The average Bonchev–Trinajstić information content (AvgIpc) is 2.03. The lowest BCUT2D eigenvalue weighted by atomic mass is 10.1. The predicted molar refractivity (Wildman–Crippen MR) is 42.0 cm³/mol. The fraction of sp³-hybridized carbons (Fsp3) is 0.125. The van der Waals surface area contributed by atoms with Crippen LogP contribution in [0.5, 0.6) is 0 Å². The Morgan fingerprint density at radius 1 is 1.55 bits per heavy atom. The summed E-state index contributed by atoms with van der Waals surface area (Å²) in [5.74, 6) is 0. The zero-order valence-corrected chi connectivity index (χ0v) is 6.42. The van der Waals surface area contributed by atoms with E-state index >= 15 is 0 Å². The van der Waals surface area contributed by atoms with Gasteiger partial charge in [-0.3, -0.25) is 0 Å². The lowest BCUT2D eigenvalue weighted by molar-refractivity contribution is 0.236. The van der Waals surface area contributed by atoms with Crippen LogP contribution in [0.2, 0.25) is 5.02 Å². The minimum absolute atomic E-state index is 0.525. The summed E-state index contributed by atoms with van der Waals surface area (Å²) < 4.78 is 0. The molecule has 1 unspecified atom stereocenters. The molecule has 0 heterocycles. The highest BCUT2D eigenvalue weighted by molar-refractivity contribution is 6.30. The summed E-state index contributed by atoms with van der Waals surface area (Å²) >= 11 is 5.63. The first kappa shape index (κ1) is 8.06. The molecule has 0 aromatic heterocycles. The lowest BCUT2D eigenvalue weighted by Crippen LogP contribution is -1.91. The zero-order chi connectivity index (χ0) is 8.27. The van der Waals surface area contributed by atoms with Gasteiger partial charge in [0.2, 0.25) is 0 Å². The maximum absolute atomic E-state index is 9.03. The van der Waals surface area contributed by atoms with Crippen LogP contribution in [0.25, 0.3) is 0 Å². The Bertz CT molecular complexity index is 292. The number of aliphatic hydroxyl groups is 1. The fourth-order valence-corrected chi connectivity index (χ4v) is 0.950. The van der Waals surface area contributed by atoms with E-state index < -0.39 is 6.10 Å². The van der Waals surface area contributed by atoms with Crippen LogP contribution in [0, 0.1) is 11.3 Å². The Hall–Kier alpha value is -1.04. The van der Waals surface area contributed by atoms with Gasteiger partial charge in [0.15, 0.2) is 6.10 Å². The van der Waals surface area contributed by atoms with Crippen molar-refractivity contribution in [2.75, 3.05) is 0 Å². The minimum atomic E-state index is -1.08. The molecule has 1 aromatic rings. The van der Waals surface area contributed by atoms with Crippen molar-refractivity contribution in [3.8, 4) is 6.07 Å². The standard InChI is InChI=1S/C8H6ClNO/c9-7-3-1-2-6(4-7)8(11)5-10/h1-4,8,11H. The third-order valence-electron chi connectivity index (χ3n) is 1.29. The molecule has 11 heavy (non-hydrogen) atoms. The number of benzene rings is 1. The summed E-state index contributed by atoms with van der Waals surface area (Å²) in [6.07, 6.45) is -1.08. The van der Waals surface area contributed by atoms with Crippen LogP contribution < -0.4 is 0 Å². The predicted octanol–water partition coefficient (Wildman–Crippen LogP) is 1.90. The Labute approximate surface area is 69.7 Å². The lowest BCUT2D eigenvalue weighted by Gasteiger charge is -2.00. The second kappa shape index (κ2) is 3.38. The molecule has 0 spiro atoms. The van der Waals surface area contributed by atoms with Crippen LogP contribution in [0.4, 0.5) is 0 Å². The van der Waals surface area contributed by atoms with Crippen molar-refractivity contribution in [2.45, 2.75) is 6.10 Å². The van der Waals surface area contributed by atoms with E-state index in [9.17, 15) is 0 Å². The summed E-state index contributed by atoms with van der Waals surface area (Å²) in [4.78, 5) is 0. The fourth-order valence-electron chi connectivity index (χ4n) is 0.751. The summed E-state index contributed by atoms with van der Waals surface area (Å²) in [5.41, 5.74) is 0.528. The molecular formula is C8H6ClNO. The highest BCUT2D eigenvalue weighted by Crippen LogP contribution is 2.16. The normalized spacial score (nSPS) is 12.1. The quantitative estimate of drug-likeness (QED) is 0.650. The molecule has 1 N–H and O–H groups in total. The van der Waals surface area contributed by atoms with E-state index in [0.29, 0.717) is 10.6 Å². The van der Waals surface area contributed by atoms with Crippen LogP contribution in [0.15, 0.2) is 24.3 Å². The Morgan fingerprint density at radius 3 is 2.82 bits per heavy atom. The van der Waals surface area contributed by atoms with E-state index in [1.807, 2.05) is 0 Å². The van der Waals surface area contributed by atoms with Crippen molar-refractivity contribution < 1.29 is 5.11 Å². The second-order valence-corrected chi connectivity index (χ2v) is 2.52. The van der Waals surface area contributed by atoms with Gasteiger partial charge in [0.25, 0.3) is 0 Å². The topological polar surface area (TPSA) is 44.0 Å². The number of nitriles is 1. The Morgan fingerprint density at radius 2 is 2.27 bits per heavy atom. The van der Waals surface area contributed by atoms with Crippen molar-refractivity contribution >= 4 is 11.6 Å². The van der Waals surface area contributed by atoms with E-state index in [4.69, 9.17) is 22.0 Å². The van der Waals surface area contributed by atoms with E-state index in [0.717, 1.165) is 0 Å². The molecule has 2 nitrogen and oxygen atoms in total. The largest absolute Gasteiger partial charge is 0.374 e. The van der Waals surface area contributed by atoms with Crippen molar-refractivity contribution in [1.82, 2.24) is 0 Å².